The minimum Gasteiger partial charge on any atom is -0.361 e. The zero-order valence-electron chi connectivity index (χ0n) is 28.2. The number of H-pyrrole nitrogens is 1. The van der Waals surface area contributed by atoms with E-state index in [9.17, 15) is 4.79 Å². The van der Waals surface area contributed by atoms with E-state index in [1.807, 2.05) is 12.1 Å². The minimum atomic E-state index is 0.0783. The fourth-order valence-electron chi connectivity index (χ4n) is 8.72. The van der Waals surface area contributed by atoms with Gasteiger partial charge in [0.2, 0.25) is 0 Å². The third-order valence-corrected chi connectivity index (χ3v) is 11.6. The van der Waals surface area contributed by atoms with Crippen LogP contribution in [-0.2, 0) is 12.8 Å². The molecule has 3 saturated heterocycles. The lowest BCUT2D eigenvalue weighted by Crippen LogP contribution is -2.52. The summed E-state index contributed by atoms with van der Waals surface area (Å²) in [6.45, 7) is 14.9. The number of hydrogen-bond acceptors (Lipinski definition) is 5. The quantitative estimate of drug-likeness (QED) is 0.339. The zero-order valence-corrected chi connectivity index (χ0v) is 28.2. The van der Waals surface area contributed by atoms with Gasteiger partial charge in [-0.25, -0.2) is 4.79 Å². The molecule has 7 rings (SSSR count). The van der Waals surface area contributed by atoms with Crippen molar-refractivity contribution in [3.05, 3.63) is 65.4 Å². The smallest absolute Gasteiger partial charge is 0.322 e. The molecule has 3 aromatic rings. The summed E-state index contributed by atoms with van der Waals surface area (Å²) in [6, 6.07) is 16.5. The summed E-state index contributed by atoms with van der Waals surface area (Å²) in [6.07, 6.45) is 10.1. The molecular formula is C38H55N7O. The van der Waals surface area contributed by atoms with Gasteiger partial charge in [-0.2, -0.15) is 0 Å². The number of hydrogen-bond donors (Lipinski definition) is 2. The maximum atomic E-state index is 13.1. The molecule has 0 bridgehead atoms. The summed E-state index contributed by atoms with van der Waals surface area (Å²) in [5.74, 6) is 0.642. The molecule has 8 heteroatoms. The van der Waals surface area contributed by atoms with Crippen LogP contribution in [0.25, 0.3) is 10.9 Å². The molecule has 2 N–H and O–H groups in total. The van der Waals surface area contributed by atoms with E-state index >= 15 is 0 Å². The number of para-hydroxylation sites is 1. The normalized spacial score (nSPS) is 22.6. The number of aryl methyl sites for hydroxylation is 1. The number of aromatic amines is 1. The number of anilines is 1. The number of aromatic nitrogens is 1. The highest BCUT2D eigenvalue weighted by atomic mass is 16.2. The molecule has 46 heavy (non-hydrogen) atoms. The van der Waals surface area contributed by atoms with Gasteiger partial charge in [-0.15, -0.1) is 0 Å². The molecule has 4 aliphatic heterocycles. The van der Waals surface area contributed by atoms with Crippen molar-refractivity contribution < 1.29 is 4.79 Å². The Hall–Kier alpha value is -2.91. The highest BCUT2D eigenvalue weighted by Crippen LogP contribution is 2.27. The average molecular weight is 626 g/mol. The van der Waals surface area contributed by atoms with Gasteiger partial charge in [0, 0.05) is 81.8 Å². The van der Waals surface area contributed by atoms with Crippen LogP contribution in [0, 0.1) is 12.8 Å². The summed E-state index contributed by atoms with van der Waals surface area (Å²) >= 11 is 0. The van der Waals surface area contributed by atoms with Gasteiger partial charge in [0.15, 0.2) is 0 Å². The van der Waals surface area contributed by atoms with Gasteiger partial charge in [0.1, 0.15) is 0 Å². The van der Waals surface area contributed by atoms with Gasteiger partial charge in [-0.1, -0.05) is 24.3 Å². The van der Waals surface area contributed by atoms with Gasteiger partial charge in [-0.3, -0.25) is 4.90 Å². The van der Waals surface area contributed by atoms with Gasteiger partial charge >= 0.3 is 6.03 Å². The molecule has 3 fully saturated rings. The Morgan fingerprint density at radius 3 is 2.39 bits per heavy atom. The van der Waals surface area contributed by atoms with Crippen molar-refractivity contribution in [2.45, 2.75) is 64.0 Å². The second kappa shape index (κ2) is 14.5. The van der Waals surface area contributed by atoms with E-state index in [4.69, 9.17) is 0 Å². The van der Waals surface area contributed by atoms with Gasteiger partial charge < -0.3 is 29.9 Å². The molecule has 0 radical (unpaired) electrons. The molecule has 0 aliphatic carbocycles. The van der Waals surface area contributed by atoms with E-state index < -0.39 is 0 Å². The number of fused-ring (bicyclic) bond motifs is 2. The van der Waals surface area contributed by atoms with Crippen LogP contribution in [0.2, 0.25) is 0 Å². The van der Waals surface area contributed by atoms with Gasteiger partial charge in [0.05, 0.1) is 0 Å². The number of nitrogens with one attached hydrogen (secondary N) is 2. The Labute approximate surface area is 276 Å². The van der Waals surface area contributed by atoms with Crippen molar-refractivity contribution in [1.29, 1.82) is 0 Å². The number of piperidine rings is 2. The lowest BCUT2D eigenvalue weighted by Gasteiger charge is -2.43. The van der Waals surface area contributed by atoms with Crippen LogP contribution in [0.1, 0.15) is 48.8 Å². The second-order valence-corrected chi connectivity index (χ2v) is 14.7. The lowest BCUT2D eigenvalue weighted by molar-refractivity contribution is 0.0614. The van der Waals surface area contributed by atoms with E-state index in [-0.39, 0.29) is 6.03 Å². The molecule has 5 heterocycles. The number of benzene rings is 2. The zero-order chi connectivity index (χ0) is 31.5. The highest BCUT2D eigenvalue weighted by molar-refractivity contribution is 5.91. The summed E-state index contributed by atoms with van der Waals surface area (Å²) < 4.78 is 0. The van der Waals surface area contributed by atoms with Crippen LogP contribution in [-0.4, -0.2) is 127 Å². The summed E-state index contributed by atoms with van der Waals surface area (Å²) in [5.41, 5.74) is 6.33. The van der Waals surface area contributed by atoms with Crippen molar-refractivity contribution in [3.63, 3.8) is 0 Å². The second-order valence-electron chi connectivity index (χ2n) is 14.7. The first-order valence-corrected chi connectivity index (χ1v) is 18.1. The predicted octanol–water partition coefficient (Wildman–Crippen LogP) is 5.29. The first-order chi connectivity index (χ1) is 22.5. The maximum Gasteiger partial charge on any atom is 0.322 e. The maximum absolute atomic E-state index is 13.1. The topological polar surface area (TPSA) is 61.1 Å². The van der Waals surface area contributed by atoms with Crippen molar-refractivity contribution in [2.24, 2.45) is 5.92 Å². The van der Waals surface area contributed by atoms with Gasteiger partial charge in [-0.05, 0) is 125 Å². The van der Waals surface area contributed by atoms with E-state index in [2.05, 4.69) is 85.3 Å². The van der Waals surface area contributed by atoms with Crippen molar-refractivity contribution >= 4 is 22.6 Å². The number of carbonyl (C=O) groups excluding carboxylic acids is 1. The number of carbonyl (C=O) groups is 1. The van der Waals surface area contributed by atoms with Crippen molar-refractivity contribution in [3.8, 4) is 0 Å². The molecule has 0 spiro atoms. The molecule has 1 aromatic heterocycles. The summed E-state index contributed by atoms with van der Waals surface area (Å²) in [7, 11) is 2.26. The Morgan fingerprint density at radius 2 is 1.59 bits per heavy atom. The van der Waals surface area contributed by atoms with Crippen LogP contribution in [0.15, 0.2) is 48.7 Å². The number of urea groups is 1. The summed E-state index contributed by atoms with van der Waals surface area (Å²) in [4.78, 5) is 29.4. The fourth-order valence-corrected chi connectivity index (χ4v) is 8.72. The van der Waals surface area contributed by atoms with Crippen LogP contribution in [0.5, 0.6) is 0 Å². The number of rotatable bonds is 9. The highest BCUT2D eigenvalue weighted by Gasteiger charge is 2.31. The average Bonchev–Trinajstić information content (AvgIpc) is 3.48. The standard InChI is InChI=1S/C38H55N7O/c1-29-25-31(27-33-7-14-39-37(29)33)26-30(28-43-18-10-34(11-19-43)44-23-21-41(2)22-24-44)8-15-42-16-12-35(13-17-42)45-20-9-32-5-3-4-6-36(32)40-38(45)46/h3-7,14,25,27,30,34-35,39H,8-13,15-24,26,28H2,1-2H3,(H,40,46). The number of amides is 2. The van der Waals surface area contributed by atoms with Crippen molar-refractivity contribution in [2.75, 3.05) is 84.4 Å². The van der Waals surface area contributed by atoms with Crippen molar-refractivity contribution in [1.82, 2.24) is 29.5 Å². The van der Waals surface area contributed by atoms with Crippen LogP contribution >= 0.6 is 0 Å². The van der Waals surface area contributed by atoms with Crippen LogP contribution < -0.4 is 5.32 Å². The number of nitrogens with zero attached hydrogens (tertiary/aromatic N) is 5. The Balaban J connectivity index is 0.942. The molecule has 2 aromatic carbocycles. The third kappa shape index (κ3) is 7.46. The lowest BCUT2D eigenvalue weighted by atomic mass is 9.92. The first-order valence-electron chi connectivity index (χ1n) is 18.1. The Morgan fingerprint density at radius 1 is 0.848 bits per heavy atom. The van der Waals surface area contributed by atoms with E-state index in [0.717, 1.165) is 63.6 Å². The Kier molecular flexibility index (Phi) is 9.96. The third-order valence-electron chi connectivity index (χ3n) is 11.6. The largest absolute Gasteiger partial charge is 0.361 e. The fraction of sp³-hybridized carbons (Fsp3) is 0.605. The number of likely N-dealkylation sites (N-methyl/N-ethyl adjacent to an activating group) is 1. The number of likely N-dealkylation sites (tertiary alicyclic amines) is 2. The van der Waals surface area contributed by atoms with E-state index in [1.54, 1.807) is 0 Å². The summed E-state index contributed by atoms with van der Waals surface area (Å²) in [5, 5.41) is 4.52. The Bertz CT molecular complexity index is 1450. The molecule has 1 atom stereocenters. The van der Waals surface area contributed by atoms with Crippen LogP contribution in [0.3, 0.4) is 0 Å². The van der Waals surface area contributed by atoms with E-state index in [1.165, 1.54) is 92.7 Å². The first kappa shape index (κ1) is 31.7. The molecule has 0 saturated carbocycles. The molecule has 1 unspecified atom stereocenters. The monoisotopic (exact) mass is 625 g/mol. The minimum absolute atomic E-state index is 0.0783. The number of piperazine rings is 1. The van der Waals surface area contributed by atoms with Crippen LogP contribution in [0.4, 0.5) is 10.5 Å². The van der Waals surface area contributed by atoms with E-state index in [0.29, 0.717) is 12.0 Å². The molecule has 4 aliphatic rings. The molecule has 8 nitrogen and oxygen atoms in total. The molecular weight excluding hydrogens is 570 g/mol. The van der Waals surface area contributed by atoms with Gasteiger partial charge in [0.25, 0.3) is 0 Å². The SMILES string of the molecule is Cc1cc(CC(CCN2CCC(N3CCc4ccccc4NC3=O)CC2)CN2CCC(N3CCN(C)CC3)CC2)cc2cc[nH]c12. The molecule has 248 valence electrons. The molecule has 2 amide bonds. The predicted molar refractivity (Wildman–Crippen MR) is 189 cm³/mol.